The summed E-state index contributed by atoms with van der Waals surface area (Å²) in [6.45, 7) is 2.90. The zero-order valence-corrected chi connectivity index (χ0v) is 13.0. The molecule has 0 atom stereocenters. The van der Waals surface area contributed by atoms with E-state index in [1.54, 1.807) is 4.90 Å². The van der Waals surface area contributed by atoms with Crippen molar-refractivity contribution in [3.8, 4) is 5.75 Å². The van der Waals surface area contributed by atoms with Crippen molar-refractivity contribution in [1.82, 2.24) is 10.2 Å². The molecule has 1 aliphatic heterocycles. The summed E-state index contributed by atoms with van der Waals surface area (Å²) in [7, 11) is 0. The number of halogens is 1. The highest BCUT2D eigenvalue weighted by molar-refractivity contribution is 9.10. The van der Waals surface area contributed by atoms with Gasteiger partial charge in [0.2, 0.25) is 0 Å². The summed E-state index contributed by atoms with van der Waals surface area (Å²) in [5.41, 5.74) is -0.0698. The van der Waals surface area contributed by atoms with E-state index in [9.17, 15) is 14.9 Å². The summed E-state index contributed by atoms with van der Waals surface area (Å²) in [6, 6.07) is 4.22. The van der Waals surface area contributed by atoms with Crippen LogP contribution in [0.3, 0.4) is 0 Å². The van der Waals surface area contributed by atoms with Crippen molar-refractivity contribution in [2.24, 2.45) is 0 Å². The van der Waals surface area contributed by atoms with E-state index in [4.69, 9.17) is 4.74 Å². The second kappa shape index (κ2) is 7.37. The number of nitrogens with one attached hydrogen (secondary N) is 1. The minimum atomic E-state index is -0.498. The molecule has 0 bridgehead atoms. The molecule has 1 aliphatic rings. The van der Waals surface area contributed by atoms with Gasteiger partial charge in [-0.1, -0.05) is 0 Å². The van der Waals surface area contributed by atoms with Crippen LogP contribution < -0.4 is 10.1 Å². The topological polar surface area (TPSA) is 84.7 Å². The normalized spacial score (nSPS) is 15.4. The van der Waals surface area contributed by atoms with E-state index in [-0.39, 0.29) is 18.2 Å². The smallest absolute Gasteiger partial charge is 0.273 e. The zero-order chi connectivity index (χ0) is 15.2. The molecule has 1 amide bonds. The average molecular weight is 358 g/mol. The van der Waals surface area contributed by atoms with E-state index in [2.05, 4.69) is 21.2 Å². The second-order valence-corrected chi connectivity index (χ2v) is 5.50. The Kier molecular flexibility index (Phi) is 5.51. The van der Waals surface area contributed by atoms with Gasteiger partial charge in [0.15, 0.2) is 6.61 Å². The molecule has 7 nitrogen and oxygen atoms in total. The number of non-ortho nitro benzene ring substituents is 1. The van der Waals surface area contributed by atoms with Gasteiger partial charge < -0.3 is 15.0 Å². The van der Waals surface area contributed by atoms with Crippen LogP contribution in [0.15, 0.2) is 22.7 Å². The Balaban J connectivity index is 1.97. The average Bonchev–Trinajstić information content (AvgIpc) is 2.75. The van der Waals surface area contributed by atoms with E-state index in [1.807, 2.05) is 0 Å². The highest BCUT2D eigenvalue weighted by Crippen LogP contribution is 2.29. The minimum absolute atomic E-state index is 0.0698. The van der Waals surface area contributed by atoms with Gasteiger partial charge in [-0.15, -0.1) is 0 Å². The van der Waals surface area contributed by atoms with E-state index in [0.717, 1.165) is 19.5 Å². The van der Waals surface area contributed by atoms with Crippen LogP contribution in [0, 0.1) is 10.1 Å². The van der Waals surface area contributed by atoms with Gasteiger partial charge in [0, 0.05) is 25.7 Å². The molecule has 114 valence electrons. The Hall–Kier alpha value is -1.67. The zero-order valence-electron chi connectivity index (χ0n) is 11.4. The molecule has 0 unspecified atom stereocenters. The molecule has 21 heavy (non-hydrogen) atoms. The number of benzene rings is 1. The van der Waals surface area contributed by atoms with E-state index >= 15 is 0 Å². The molecule has 1 aromatic carbocycles. The van der Waals surface area contributed by atoms with Crippen molar-refractivity contribution in [3.05, 3.63) is 32.8 Å². The van der Waals surface area contributed by atoms with Crippen LogP contribution in [-0.4, -0.2) is 48.5 Å². The van der Waals surface area contributed by atoms with Gasteiger partial charge in [-0.2, -0.15) is 0 Å². The van der Waals surface area contributed by atoms with Gasteiger partial charge in [0.25, 0.3) is 11.6 Å². The van der Waals surface area contributed by atoms with E-state index in [0.29, 0.717) is 23.3 Å². The number of ether oxygens (including phenoxy) is 1. The molecule has 1 saturated heterocycles. The molecule has 1 N–H and O–H groups in total. The van der Waals surface area contributed by atoms with Crippen molar-refractivity contribution in [1.29, 1.82) is 0 Å². The SMILES string of the molecule is O=C(COc1cc([N+](=O)[O-])ccc1Br)N1CCCNCC1. The van der Waals surface area contributed by atoms with Crippen molar-refractivity contribution in [2.75, 3.05) is 32.8 Å². The van der Waals surface area contributed by atoms with Crippen LogP contribution >= 0.6 is 15.9 Å². The Morgan fingerprint density at radius 3 is 3.00 bits per heavy atom. The minimum Gasteiger partial charge on any atom is -0.482 e. The third-order valence-electron chi connectivity index (χ3n) is 3.17. The molecule has 0 radical (unpaired) electrons. The summed E-state index contributed by atoms with van der Waals surface area (Å²) in [5, 5.41) is 14.0. The third kappa shape index (κ3) is 4.40. The van der Waals surface area contributed by atoms with Gasteiger partial charge in [-0.05, 0) is 35.0 Å². The lowest BCUT2D eigenvalue weighted by atomic mass is 10.3. The standard InChI is InChI=1S/C13H16BrN3O4/c14-11-3-2-10(17(19)20)8-12(11)21-9-13(18)16-6-1-4-15-5-7-16/h2-3,8,15H,1,4-7,9H2. The first-order valence-corrected chi connectivity index (χ1v) is 7.42. The fourth-order valence-corrected chi connectivity index (χ4v) is 2.40. The largest absolute Gasteiger partial charge is 0.482 e. The van der Waals surface area contributed by atoms with Crippen LogP contribution in [0.25, 0.3) is 0 Å². The Morgan fingerprint density at radius 2 is 2.24 bits per heavy atom. The highest BCUT2D eigenvalue weighted by atomic mass is 79.9. The first-order chi connectivity index (χ1) is 10.1. The molecule has 2 rings (SSSR count). The number of rotatable bonds is 4. The first kappa shape index (κ1) is 15.7. The van der Waals surface area contributed by atoms with Gasteiger partial charge in [0.1, 0.15) is 5.75 Å². The van der Waals surface area contributed by atoms with E-state index in [1.165, 1.54) is 18.2 Å². The Bertz CT molecular complexity index is 530. The van der Waals surface area contributed by atoms with Crippen molar-refractivity contribution in [3.63, 3.8) is 0 Å². The quantitative estimate of drug-likeness (QED) is 0.652. The van der Waals surface area contributed by atoms with Gasteiger partial charge in [-0.3, -0.25) is 14.9 Å². The summed E-state index contributed by atoms with van der Waals surface area (Å²) in [4.78, 5) is 24.1. The van der Waals surface area contributed by atoms with Gasteiger partial charge in [-0.25, -0.2) is 0 Å². The Labute approximate surface area is 130 Å². The van der Waals surface area contributed by atoms with E-state index < -0.39 is 4.92 Å². The lowest BCUT2D eigenvalue weighted by Crippen LogP contribution is -2.37. The summed E-state index contributed by atoms with van der Waals surface area (Å²) in [6.07, 6.45) is 0.909. The number of carbonyl (C=O) groups excluding carboxylic acids is 1. The predicted octanol–water partition coefficient (Wildman–Crippen LogP) is 1.56. The van der Waals surface area contributed by atoms with Gasteiger partial charge in [0.05, 0.1) is 15.5 Å². The molecule has 0 spiro atoms. The summed E-state index contributed by atoms with van der Waals surface area (Å²) in [5.74, 6) is 0.183. The highest BCUT2D eigenvalue weighted by Gasteiger charge is 2.17. The lowest BCUT2D eigenvalue weighted by Gasteiger charge is -2.20. The van der Waals surface area contributed by atoms with Crippen LogP contribution in [0.4, 0.5) is 5.69 Å². The number of nitro groups is 1. The number of hydrogen-bond donors (Lipinski definition) is 1. The monoisotopic (exact) mass is 357 g/mol. The second-order valence-electron chi connectivity index (χ2n) is 4.64. The number of amides is 1. The number of hydrogen-bond acceptors (Lipinski definition) is 5. The molecule has 1 aromatic rings. The fraction of sp³-hybridized carbons (Fsp3) is 0.462. The van der Waals surface area contributed by atoms with Crippen LogP contribution in [-0.2, 0) is 4.79 Å². The number of nitrogens with zero attached hydrogens (tertiary/aromatic N) is 2. The predicted molar refractivity (Wildman–Crippen MR) is 80.4 cm³/mol. The third-order valence-corrected chi connectivity index (χ3v) is 3.82. The lowest BCUT2D eigenvalue weighted by molar-refractivity contribution is -0.385. The fourth-order valence-electron chi connectivity index (χ4n) is 2.04. The molecule has 1 fully saturated rings. The maximum Gasteiger partial charge on any atom is 0.273 e. The molecule has 1 heterocycles. The molecule has 0 aliphatic carbocycles. The van der Waals surface area contributed by atoms with Crippen LogP contribution in [0.5, 0.6) is 5.75 Å². The first-order valence-electron chi connectivity index (χ1n) is 6.63. The van der Waals surface area contributed by atoms with Gasteiger partial charge >= 0.3 is 0 Å². The van der Waals surface area contributed by atoms with Crippen LogP contribution in [0.1, 0.15) is 6.42 Å². The molecule has 0 aromatic heterocycles. The summed E-state index contributed by atoms with van der Waals surface area (Å²) >= 11 is 3.26. The maximum absolute atomic E-state index is 12.1. The number of carbonyl (C=O) groups is 1. The van der Waals surface area contributed by atoms with Crippen molar-refractivity contribution >= 4 is 27.5 Å². The molecule has 0 saturated carbocycles. The molecular formula is C13H16BrN3O4. The van der Waals surface area contributed by atoms with Crippen LogP contribution in [0.2, 0.25) is 0 Å². The molecule has 8 heteroatoms. The summed E-state index contributed by atoms with van der Waals surface area (Å²) < 4.78 is 6.00. The Morgan fingerprint density at radius 1 is 1.43 bits per heavy atom. The molecular weight excluding hydrogens is 342 g/mol. The maximum atomic E-state index is 12.1. The van der Waals surface area contributed by atoms with Crippen molar-refractivity contribution in [2.45, 2.75) is 6.42 Å². The van der Waals surface area contributed by atoms with Crippen molar-refractivity contribution < 1.29 is 14.5 Å². The number of nitro benzene ring substituents is 1.